The van der Waals surface area contributed by atoms with Gasteiger partial charge in [-0.1, -0.05) is 75.2 Å². The molecule has 0 saturated heterocycles. The number of carbonyl (C=O) groups is 3. The van der Waals surface area contributed by atoms with Crippen molar-refractivity contribution in [2.45, 2.75) is 64.0 Å². The molecule has 3 N–H and O–H groups in total. The SMILES string of the molecule is CC(C)C(NC(=O)OCC1c2ccccc2-c2ccccc21)C(=O)NC(CC(=O)O)C1CCCC1. The predicted molar refractivity (Wildman–Crippen MR) is 133 cm³/mol. The molecule has 2 aromatic rings. The van der Waals surface area contributed by atoms with E-state index in [4.69, 9.17) is 4.74 Å². The van der Waals surface area contributed by atoms with Gasteiger partial charge in [0.2, 0.25) is 5.91 Å². The minimum absolute atomic E-state index is 0.0678. The largest absolute Gasteiger partial charge is 0.481 e. The fourth-order valence-electron chi connectivity index (χ4n) is 5.46. The Morgan fingerprint density at radius 3 is 2.06 bits per heavy atom. The number of alkyl carbamates (subject to hydrolysis) is 1. The third-order valence-electron chi connectivity index (χ3n) is 7.26. The molecule has 1 fully saturated rings. The van der Waals surface area contributed by atoms with Gasteiger partial charge >= 0.3 is 12.1 Å². The Labute approximate surface area is 206 Å². The molecular formula is C28H34N2O5. The van der Waals surface area contributed by atoms with E-state index in [2.05, 4.69) is 34.9 Å². The summed E-state index contributed by atoms with van der Waals surface area (Å²) in [4.78, 5) is 37.2. The molecule has 4 rings (SSSR count). The molecule has 2 aromatic carbocycles. The fourth-order valence-corrected chi connectivity index (χ4v) is 5.46. The number of nitrogens with one attached hydrogen (secondary N) is 2. The molecule has 0 aliphatic heterocycles. The van der Waals surface area contributed by atoms with Crippen LogP contribution in [0, 0.1) is 11.8 Å². The van der Waals surface area contributed by atoms with Gasteiger partial charge in [-0.25, -0.2) is 4.79 Å². The first-order chi connectivity index (χ1) is 16.8. The lowest BCUT2D eigenvalue weighted by molar-refractivity contribution is -0.138. The standard InChI is InChI=1S/C28H34N2O5/c1-17(2)26(27(33)29-24(15-25(31)32)18-9-3-4-10-18)30-28(34)35-16-23-21-13-7-5-11-19(21)20-12-6-8-14-22(20)23/h5-8,11-14,17-18,23-24,26H,3-4,9-10,15-16H2,1-2H3,(H,29,33)(H,30,34)(H,31,32). The zero-order valence-corrected chi connectivity index (χ0v) is 20.3. The predicted octanol–water partition coefficient (Wildman–Crippen LogP) is 4.70. The number of hydrogen-bond acceptors (Lipinski definition) is 4. The van der Waals surface area contributed by atoms with E-state index < -0.39 is 24.1 Å². The number of benzene rings is 2. The number of hydrogen-bond donors (Lipinski definition) is 3. The second-order valence-electron chi connectivity index (χ2n) is 9.95. The lowest BCUT2D eigenvalue weighted by Gasteiger charge is -2.28. The Kier molecular flexibility index (Phi) is 7.73. The highest BCUT2D eigenvalue weighted by Crippen LogP contribution is 2.44. The second kappa shape index (κ2) is 10.9. The third-order valence-corrected chi connectivity index (χ3v) is 7.26. The number of carbonyl (C=O) groups excluding carboxylic acids is 2. The van der Waals surface area contributed by atoms with Crippen LogP contribution in [0.5, 0.6) is 0 Å². The average molecular weight is 479 g/mol. The number of amides is 2. The molecule has 0 bridgehead atoms. The van der Waals surface area contributed by atoms with E-state index in [9.17, 15) is 19.5 Å². The Hall–Kier alpha value is -3.35. The van der Waals surface area contributed by atoms with Gasteiger partial charge in [-0.3, -0.25) is 9.59 Å². The maximum atomic E-state index is 13.1. The van der Waals surface area contributed by atoms with Crippen molar-refractivity contribution >= 4 is 18.0 Å². The lowest BCUT2D eigenvalue weighted by Crippen LogP contribution is -2.53. The molecule has 0 radical (unpaired) electrons. The van der Waals surface area contributed by atoms with E-state index in [0.717, 1.165) is 47.9 Å². The highest BCUT2D eigenvalue weighted by Gasteiger charge is 2.33. The second-order valence-corrected chi connectivity index (χ2v) is 9.95. The van der Waals surface area contributed by atoms with Crippen molar-refractivity contribution in [1.29, 1.82) is 0 Å². The van der Waals surface area contributed by atoms with Crippen LogP contribution >= 0.6 is 0 Å². The Morgan fingerprint density at radius 1 is 0.943 bits per heavy atom. The Bertz CT molecular complexity index is 1030. The molecule has 2 aliphatic carbocycles. The average Bonchev–Trinajstić information content (AvgIpc) is 3.47. The molecular weight excluding hydrogens is 444 g/mol. The van der Waals surface area contributed by atoms with Crippen molar-refractivity contribution < 1.29 is 24.2 Å². The molecule has 2 atom stereocenters. The van der Waals surface area contributed by atoms with E-state index in [1.54, 1.807) is 0 Å². The molecule has 0 heterocycles. The zero-order valence-electron chi connectivity index (χ0n) is 20.3. The first-order valence-corrected chi connectivity index (χ1v) is 12.5. The lowest BCUT2D eigenvalue weighted by atomic mass is 9.94. The fraction of sp³-hybridized carbons (Fsp3) is 0.464. The van der Waals surface area contributed by atoms with E-state index in [-0.39, 0.29) is 36.7 Å². The van der Waals surface area contributed by atoms with Gasteiger partial charge in [-0.2, -0.15) is 0 Å². The minimum Gasteiger partial charge on any atom is -0.481 e. The van der Waals surface area contributed by atoms with E-state index in [1.807, 2.05) is 38.1 Å². The van der Waals surface area contributed by atoms with Crippen molar-refractivity contribution in [2.75, 3.05) is 6.61 Å². The van der Waals surface area contributed by atoms with Gasteiger partial charge in [-0.15, -0.1) is 0 Å². The van der Waals surface area contributed by atoms with E-state index in [1.165, 1.54) is 0 Å². The number of carboxylic acid groups (broad SMARTS) is 1. The molecule has 7 heteroatoms. The summed E-state index contributed by atoms with van der Waals surface area (Å²) in [5, 5.41) is 14.9. The quantitative estimate of drug-likeness (QED) is 0.485. The molecule has 2 unspecified atom stereocenters. The van der Waals surface area contributed by atoms with Crippen LogP contribution in [0.15, 0.2) is 48.5 Å². The van der Waals surface area contributed by atoms with Crippen LogP contribution < -0.4 is 10.6 Å². The molecule has 35 heavy (non-hydrogen) atoms. The van der Waals surface area contributed by atoms with Gasteiger partial charge in [0.15, 0.2) is 0 Å². The molecule has 0 spiro atoms. The van der Waals surface area contributed by atoms with E-state index >= 15 is 0 Å². The van der Waals surface area contributed by atoms with Crippen LogP contribution in [-0.4, -0.2) is 41.8 Å². The smallest absolute Gasteiger partial charge is 0.407 e. The molecule has 7 nitrogen and oxygen atoms in total. The number of aliphatic carboxylic acids is 1. The van der Waals surface area contributed by atoms with Crippen LogP contribution in [0.3, 0.4) is 0 Å². The van der Waals surface area contributed by atoms with Crippen LogP contribution in [0.4, 0.5) is 4.79 Å². The van der Waals surface area contributed by atoms with Crippen LogP contribution in [0.2, 0.25) is 0 Å². The van der Waals surface area contributed by atoms with Gasteiger partial charge in [0, 0.05) is 12.0 Å². The first-order valence-electron chi connectivity index (χ1n) is 12.5. The van der Waals surface area contributed by atoms with Gasteiger partial charge in [0.25, 0.3) is 0 Å². The van der Waals surface area contributed by atoms with Crippen molar-refractivity contribution in [1.82, 2.24) is 10.6 Å². The maximum Gasteiger partial charge on any atom is 0.407 e. The molecule has 186 valence electrons. The van der Waals surface area contributed by atoms with Crippen molar-refractivity contribution in [3.63, 3.8) is 0 Å². The summed E-state index contributed by atoms with van der Waals surface area (Å²) in [7, 11) is 0. The maximum absolute atomic E-state index is 13.1. The van der Waals surface area contributed by atoms with Crippen molar-refractivity contribution in [3.8, 4) is 11.1 Å². The third kappa shape index (κ3) is 5.66. The summed E-state index contributed by atoms with van der Waals surface area (Å²) in [5.41, 5.74) is 4.53. The first kappa shape index (κ1) is 24.8. The summed E-state index contributed by atoms with van der Waals surface area (Å²) in [6, 6.07) is 15.0. The highest BCUT2D eigenvalue weighted by molar-refractivity contribution is 5.86. The summed E-state index contributed by atoms with van der Waals surface area (Å²) < 4.78 is 5.62. The summed E-state index contributed by atoms with van der Waals surface area (Å²) in [6.45, 7) is 3.85. The Morgan fingerprint density at radius 2 is 1.51 bits per heavy atom. The number of rotatable bonds is 9. The van der Waals surface area contributed by atoms with Gasteiger partial charge < -0.3 is 20.5 Å². The number of carboxylic acids is 1. The monoisotopic (exact) mass is 478 g/mol. The van der Waals surface area contributed by atoms with Gasteiger partial charge in [0.1, 0.15) is 12.6 Å². The van der Waals surface area contributed by atoms with Crippen LogP contribution in [0.25, 0.3) is 11.1 Å². The van der Waals surface area contributed by atoms with E-state index in [0.29, 0.717) is 0 Å². The number of ether oxygens (including phenoxy) is 1. The van der Waals surface area contributed by atoms with Crippen LogP contribution in [-0.2, 0) is 14.3 Å². The topological polar surface area (TPSA) is 105 Å². The van der Waals surface area contributed by atoms with Crippen molar-refractivity contribution in [3.05, 3.63) is 59.7 Å². The molecule has 2 aliphatic rings. The van der Waals surface area contributed by atoms with Gasteiger partial charge in [0.05, 0.1) is 6.42 Å². The van der Waals surface area contributed by atoms with Crippen molar-refractivity contribution in [2.24, 2.45) is 11.8 Å². The highest BCUT2D eigenvalue weighted by atomic mass is 16.5. The Balaban J connectivity index is 1.39. The summed E-state index contributed by atoms with van der Waals surface area (Å²) >= 11 is 0. The molecule has 1 saturated carbocycles. The van der Waals surface area contributed by atoms with Gasteiger partial charge in [-0.05, 0) is 46.9 Å². The zero-order chi connectivity index (χ0) is 24.9. The summed E-state index contributed by atoms with van der Waals surface area (Å²) in [5.74, 6) is -1.41. The van der Waals surface area contributed by atoms with Crippen LogP contribution in [0.1, 0.15) is 63.0 Å². The molecule has 2 amide bonds. The normalized spacial score (nSPS) is 16.9. The number of fused-ring (bicyclic) bond motifs is 3. The molecule has 0 aromatic heterocycles. The summed E-state index contributed by atoms with van der Waals surface area (Å²) in [6.07, 6.45) is 3.13. The minimum atomic E-state index is -0.937.